The van der Waals surface area contributed by atoms with Crippen LogP contribution in [0.1, 0.15) is 38.3 Å². The Labute approximate surface area is 220 Å². The maximum atomic E-state index is 12.8. The molecule has 2 N–H and O–H groups in total. The van der Waals surface area contributed by atoms with Gasteiger partial charge in [0.2, 0.25) is 0 Å². The topological polar surface area (TPSA) is 89.5 Å². The SMILES string of the molecule is COCCCOc1cc(CCc2ccc(NC(=O)c3ccccc3)cc2)cc(C(=O)Nc2nccs2)c1. The van der Waals surface area contributed by atoms with Crippen LogP contribution in [-0.4, -0.2) is 37.1 Å². The molecule has 0 saturated carbocycles. The highest BCUT2D eigenvalue weighted by Gasteiger charge is 2.12. The van der Waals surface area contributed by atoms with Crippen molar-refractivity contribution in [1.29, 1.82) is 0 Å². The molecule has 7 nitrogen and oxygen atoms in total. The van der Waals surface area contributed by atoms with Crippen LogP contribution in [0.2, 0.25) is 0 Å². The highest BCUT2D eigenvalue weighted by Crippen LogP contribution is 2.22. The molecule has 2 amide bonds. The van der Waals surface area contributed by atoms with Gasteiger partial charge in [-0.25, -0.2) is 4.98 Å². The van der Waals surface area contributed by atoms with Crippen LogP contribution in [0.3, 0.4) is 0 Å². The number of nitrogens with one attached hydrogen (secondary N) is 2. The molecule has 1 aromatic heterocycles. The lowest BCUT2D eigenvalue weighted by Gasteiger charge is -2.12. The second kappa shape index (κ2) is 13.3. The van der Waals surface area contributed by atoms with Crippen LogP contribution in [0.15, 0.2) is 84.4 Å². The number of benzene rings is 3. The van der Waals surface area contributed by atoms with Gasteiger partial charge in [0.15, 0.2) is 5.13 Å². The van der Waals surface area contributed by atoms with Crippen molar-refractivity contribution in [2.24, 2.45) is 0 Å². The highest BCUT2D eigenvalue weighted by atomic mass is 32.1. The van der Waals surface area contributed by atoms with Crippen molar-refractivity contribution in [1.82, 2.24) is 4.98 Å². The fourth-order valence-corrected chi connectivity index (χ4v) is 4.23. The zero-order valence-corrected chi connectivity index (χ0v) is 21.4. The van der Waals surface area contributed by atoms with E-state index in [0.717, 1.165) is 36.1 Å². The summed E-state index contributed by atoms with van der Waals surface area (Å²) in [5, 5.41) is 8.12. The summed E-state index contributed by atoms with van der Waals surface area (Å²) in [5.74, 6) is 0.285. The summed E-state index contributed by atoms with van der Waals surface area (Å²) < 4.78 is 11.0. The third kappa shape index (κ3) is 7.99. The van der Waals surface area contributed by atoms with E-state index in [2.05, 4.69) is 15.6 Å². The highest BCUT2D eigenvalue weighted by molar-refractivity contribution is 7.13. The number of methoxy groups -OCH3 is 1. The molecule has 37 heavy (non-hydrogen) atoms. The summed E-state index contributed by atoms with van der Waals surface area (Å²) in [4.78, 5) is 29.3. The molecule has 190 valence electrons. The predicted molar refractivity (Wildman–Crippen MR) is 147 cm³/mol. The van der Waals surface area contributed by atoms with E-state index in [9.17, 15) is 9.59 Å². The zero-order valence-electron chi connectivity index (χ0n) is 20.6. The van der Waals surface area contributed by atoms with Crippen molar-refractivity contribution < 1.29 is 19.1 Å². The first-order valence-corrected chi connectivity index (χ1v) is 12.9. The van der Waals surface area contributed by atoms with Crippen molar-refractivity contribution in [3.8, 4) is 5.75 Å². The van der Waals surface area contributed by atoms with Gasteiger partial charge in [0, 0.05) is 48.5 Å². The Morgan fingerprint density at radius 2 is 1.59 bits per heavy atom. The summed E-state index contributed by atoms with van der Waals surface area (Å²) in [6, 6.07) is 22.5. The molecule has 0 bridgehead atoms. The van der Waals surface area contributed by atoms with Gasteiger partial charge >= 0.3 is 0 Å². The quantitative estimate of drug-likeness (QED) is 0.231. The number of carbonyl (C=O) groups excluding carboxylic acids is 2. The van der Waals surface area contributed by atoms with E-state index in [1.165, 1.54) is 11.3 Å². The Bertz CT molecular complexity index is 1290. The van der Waals surface area contributed by atoms with Gasteiger partial charge in [0.25, 0.3) is 11.8 Å². The summed E-state index contributed by atoms with van der Waals surface area (Å²) >= 11 is 1.37. The van der Waals surface area contributed by atoms with Gasteiger partial charge in [-0.3, -0.25) is 14.9 Å². The van der Waals surface area contributed by atoms with Crippen LogP contribution in [0, 0.1) is 0 Å². The third-order valence-corrected chi connectivity index (χ3v) is 6.28. The number of rotatable bonds is 12. The standard InChI is InChI=1S/C29H29N3O4S/c1-35-15-5-16-36-26-19-22(18-24(20-26)28(34)32-29-30-14-17-37-29)9-8-21-10-12-25(13-11-21)31-27(33)23-6-3-2-4-7-23/h2-4,6-7,10-14,17-20H,5,8-9,15-16H2,1H3,(H,31,33)(H,30,32,34). The fraction of sp³-hybridized carbons (Fsp3) is 0.207. The number of amides is 2. The largest absolute Gasteiger partial charge is 0.493 e. The Balaban J connectivity index is 1.40. The maximum Gasteiger partial charge on any atom is 0.257 e. The molecule has 1 heterocycles. The van der Waals surface area contributed by atoms with Crippen LogP contribution in [0.4, 0.5) is 10.8 Å². The van der Waals surface area contributed by atoms with Crippen LogP contribution < -0.4 is 15.4 Å². The maximum absolute atomic E-state index is 12.8. The molecule has 0 aliphatic rings. The van der Waals surface area contributed by atoms with Crippen LogP contribution in [-0.2, 0) is 17.6 Å². The molecule has 0 atom stereocenters. The number of anilines is 2. The number of hydrogen-bond donors (Lipinski definition) is 2. The van der Waals surface area contributed by atoms with Gasteiger partial charge in [-0.2, -0.15) is 0 Å². The van der Waals surface area contributed by atoms with Crippen molar-refractivity contribution in [2.45, 2.75) is 19.3 Å². The molecule has 0 unspecified atom stereocenters. The molecule has 4 rings (SSSR count). The number of carbonyl (C=O) groups is 2. The second-order valence-corrected chi connectivity index (χ2v) is 9.26. The lowest BCUT2D eigenvalue weighted by Crippen LogP contribution is -2.13. The van der Waals surface area contributed by atoms with Crippen molar-refractivity contribution in [3.05, 3.63) is 107 Å². The average Bonchev–Trinajstić information content (AvgIpc) is 3.44. The van der Waals surface area contributed by atoms with Crippen LogP contribution in [0.25, 0.3) is 0 Å². The molecule has 0 spiro atoms. The van der Waals surface area contributed by atoms with Gasteiger partial charge in [0.1, 0.15) is 5.75 Å². The zero-order chi connectivity index (χ0) is 25.9. The van der Waals surface area contributed by atoms with Gasteiger partial charge < -0.3 is 14.8 Å². The Kier molecular flexibility index (Phi) is 9.40. The van der Waals surface area contributed by atoms with E-state index >= 15 is 0 Å². The molecule has 0 fully saturated rings. The Morgan fingerprint density at radius 1 is 0.838 bits per heavy atom. The van der Waals surface area contributed by atoms with Gasteiger partial charge in [-0.05, 0) is 66.4 Å². The average molecular weight is 516 g/mol. The first-order valence-electron chi connectivity index (χ1n) is 12.0. The monoisotopic (exact) mass is 515 g/mol. The van der Waals surface area contributed by atoms with E-state index in [-0.39, 0.29) is 11.8 Å². The van der Waals surface area contributed by atoms with Crippen molar-refractivity contribution in [3.63, 3.8) is 0 Å². The number of hydrogen-bond acceptors (Lipinski definition) is 6. The van der Waals surface area contributed by atoms with Gasteiger partial charge in [-0.15, -0.1) is 11.3 Å². The van der Waals surface area contributed by atoms with E-state index in [4.69, 9.17) is 9.47 Å². The molecule has 0 radical (unpaired) electrons. The van der Waals surface area contributed by atoms with Crippen molar-refractivity contribution in [2.75, 3.05) is 31.0 Å². The van der Waals surface area contributed by atoms with Gasteiger partial charge in [-0.1, -0.05) is 30.3 Å². The third-order valence-electron chi connectivity index (χ3n) is 5.59. The second-order valence-electron chi connectivity index (χ2n) is 8.37. The van der Waals surface area contributed by atoms with Crippen LogP contribution in [0.5, 0.6) is 5.75 Å². The minimum Gasteiger partial charge on any atom is -0.493 e. The van der Waals surface area contributed by atoms with E-state index in [0.29, 0.717) is 35.2 Å². The lowest BCUT2D eigenvalue weighted by atomic mass is 10.0. The lowest BCUT2D eigenvalue weighted by molar-refractivity contribution is 0.101. The Hall–Kier alpha value is -4.01. The van der Waals surface area contributed by atoms with E-state index in [1.54, 1.807) is 31.5 Å². The molecule has 0 aliphatic heterocycles. The molecular formula is C29H29N3O4S. The molecule has 8 heteroatoms. The minimum atomic E-state index is -0.225. The number of aromatic nitrogens is 1. The fourth-order valence-electron chi connectivity index (χ4n) is 3.70. The number of thiazole rings is 1. The normalized spacial score (nSPS) is 10.6. The van der Waals surface area contributed by atoms with Crippen molar-refractivity contribution >= 4 is 34.0 Å². The van der Waals surface area contributed by atoms with Gasteiger partial charge in [0.05, 0.1) is 6.61 Å². The molecule has 3 aromatic carbocycles. The first-order chi connectivity index (χ1) is 18.1. The van der Waals surface area contributed by atoms with E-state index < -0.39 is 0 Å². The molecular weight excluding hydrogens is 486 g/mol. The molecule has 0 saturated heterocycles. The number of nitrogens with zero attached hydrogens (tertiary/aromatic N) is 1. The Morgan fingerprint density at radius 3 is 2.32 bits per heavy atom. The smallest absolute Gasteiger partial charge is 0.257 e. The molecule has 0 aliphatic carbocycles. The summed E-state index contributed by atoms with van der Waals surface area (Å²) in [6.45, 7) is 1.11. The predicted octanol–water partition coefficient (Wildman–Crippen LogP) is 5.85. The van der Waals surface area contributed by atoms with E-state index in [1.807, 2.05) is 60.0 Å². The summed E-state index contributed by atoms with van der Waals surface area (Å²) in [7, 11) is 1.66. The first kappa shape index (κ1) is 26.1. The number of aryl methyl sites for hydroxylation is 2. The minimum absolute atomic E-state index is 0.140. The summed E-state index contributed by atoms with van der Waals surface area (Å²) in [6.07, 6.45) is 3.91. The number of ether oxygens (including phenoxy) is 2. The van der Waals surface area contributed by atoms with Crippen LogP contribution >= 0.6 is 11.3 Å². The molecule has 4 aromatic rings. The summed E-state index contributed by atoms with van der Waals surface area (Å²) in [5.41, 5.74) is 4.00.